The highest BCUT2D eigenvalue weighted by molar-refractivity contribution is 5.47. The number of rotatable bonds is 8. The van der Waals surface area contributed by atoms with Crippen molar-refractivity contribution in [3.63, 3.8) is 0 Å². The molecule has 0 fully saturated rings. The molecule has 0 bridgehead atoms. The Bertz CT molecular complexity index is 996. The van der Waals surface area contributed by atoms with Crippen molar-refractivity contribution in [2.45, 2.75) is 13.1 Å². The summed E-state index contributed by atoms with van der Waals surface area (Å²) < 4.78 is 21.4. The van der Waals surface area contributed by atoms with E-state index in [1.807, 2.05) is 42.5 Å². The summed E-state index contributed by atoms with van der Waals surface area (Å²) in [6.07, 6.45) is 1.71. The Hall–Kier alpha value is -3.68. The first-order valence-corrected chi connectivity index (χ1v) is 9.15. The van der Waals surface area contributed by atoms with Crippen LogP contribution in [0.3, 0.4) is 0 Å². The van der Waals surface area contributed by atoms with E-state index in [9.17, 15) is 0 Å². The minimum Gasteiger partial charge on any atom is -0.493 e. The van der Waals surface area contributed by atoms with Crippen molar-refractivity contribution < 1.29 is 18.9 Å². The molecule has 1 aromatic heterocycles. The van der Waals surface area contributed by atoms with E-state index in [1.165, 1.54) is 0 Å². The number of hydrogen-bond acceptors (Lipinski definition) is 8. The van der Waals surface area contributed by atoms with Crippen LogP contribution in [0.1, 0.15) is 11.1 Å². The van der Waals surface area contributed by atoms with E-state index in [4.69, 9.17) is 18.9 Å². The van der Waals surface area contributed by atoms with Gasteiger partial charge in [-0.3, -0.25) is 0 Å². The van der Waals surface area contributed by atoms with Crippen LogP contribution in [-0.4, -0.2) is 31.0 Å². The lowest BCUT2D eigenvalue weighted by molar-refractivity contribution is 0.174. The highest BCUT2D eigenvalue weighted by Gasteiger charge is 2.13. The highest BCUT2D eigenvalue weighted by atomic mass is 16.7. The highest BCUT2D eigenvalue weighted by Crippen LogP contribution is 2.32. The molecular formula is C21H22N4O4. The summed E-state index contributed by atoms with van der Waals surface area (Å²) in [5, 5.41) is 6.53. The van der Waals surface area contributed by atoms with Crippen molar-refractivity contribution in [1.82, 2.24) is 9.97 Å². The Kier molecular flexibility index (Phi) is 5.51. The molecule has 8 nitrogen and oxygen atoms in total. The van der Waals surface area contributed by atoms with Crippen LogP contribution >= 0.6 is 0 Å². The molecule has 2 heterocycles. The zero-order valence-corrected chi connectivity index (χ0v) is 16.3. The molecule has 1 aliphatic heterocycles. The van der Waals surface area contributed by atoms with Gasteiger partial charge in [-0.05, 0) is 41.5 Å². The second-order valence-electron chi connectivity index (χ2n) is 6.35. The van der Waals surface area contributed by atoms with Gasteiger partial charge in [0.2, 0.25) is 12.7 Å². The summed E-state index contributed by atoms with van der Waals surface area (Å²) >= 11 is 0. The van der Waals surface area contributed by atoms with Crippen molar-refractivity contribution in [3.05, 3.63) is 59.8 Å². The maximum atomic E-state index is 5.41. The molecule has 3 aromatic rings. The monoisotopic (exact) mass is 394 g/mol. The minimum absolute atomic E-state index is 0.271. The van der Waals surface area contributed by atoms with Crippen LogP contribution in [0, 0.1) is 0 Å². The Labute approximate surface area is 168 Å². The fraction of sp³-hybridized carbons (Fsp3) is 0.238. The van der Waals surface area contributed by atoms with Gasteiger partial charge in [-0.2, -0.15) is 4.98 Å². The average molecular weight is 394 g/mol. The lowest BCUT2D eigenvalue weighted by Crippen LogP contribution is -2.07. The molecule has 0 radical (unpaired) electrons. The third kappa shape index (κ3) is 4.43. The number of ether oxygens (including phenoxy) is 4. The topological polar surface area (TPSA) is 86.8 Å². The second-order valence-corrected chi connectivity index (χ2v) is 6.35. The van der Waals surface area contributed by atoms with Gasteiger partial charge in [-0.1, -0.05) is 12.1 Å². The van der Waals surface area contributed by atoms with Crippen molar-refractivity contribution in [2.75, 3.05) is 31.6 Å². The summed E-state index contributed by atoms with van der Waals surface area (Å²) in [5.74, 6) is 4.19. The van der Waals surface area contributed by atoms with Gasteiger partial charge in [0.15, 0.2) is 23.0 Å². The molecule has 4 rings (SSSR count). The smallest absolute Gasteiger partial charge is 0.231 e. The predicted molar refractivity (Wildman–Crippen MR) is 109 cm³/mol. The molecule has 8 heteroatoms. The summed E-state index contributed by atoms with van der Waals surface area (Å²) in [6.45, 7) is 1.45. The fourth-order valence-electron chi connectivity index (χ4n) is 2.96. The van der Waals surface area contributed by atoms with Crippen LogP contribution in [0.5, 0.6) is 23.0 Å². The number of hydrogen-bond donors (Lipinski definition) is 2. The van der Waals surface area contributed by atoms with Crippen LogP contribution in [0.4, 0.5) is 11.8 Å². The third-order valence-corrected chi connectivity index (χ3v) is 4.46. The number of nitrogens with one attached hydrogen (secondary N) is 2. The summed E-state index contributed by atoms with van der Waals surface area (Å²) in [6, 6.07) is 13.5. The maximum Gasteiger partial charge on any atom is 0.231 e. The molecular weight excluding hydrogens is 372 g/mol. The van der Waals surface area contributed by atoms with Crippen molar-refractivity contribution in [3.8, 4) is 23.0 Å². The van der Waals surface area contributed by atoms with Crippen molar-refractivity contribution in [1.29, 1.82) is 0 Å². The molecule has 0 saturated heterocycles. The van der Waals surface area contributed by atoms with E-state index in [0.29, 0.717) is 30.5 Å². The van der Waals surface area contributed by atoms with Crippen LogP contribution in [-0.2, 0) is 13.1 Å². The number of aromatic nitrogens is 2. The summed E-state index contributed by atoms with van der Waals surface area (Å²) in [7, 11) is 3.24. The molecule has 150 valence electrons. The number of nitrogens with zero attached hydrogens (tertiary/aromatic N) is 2. The molecule has 0 unspecified atom stereocenters. The van der Waals surface area contributed by atoms with Crippen molar-refractivity contribution >= 4 is 11.8 Å². The number of benzene rings is 2. The summed E-state index contributed by atoms with van der Waals surface area (Å²) in [5.41, 5.74) is 2.11. The lowest BCUT2D eigenvalue weighted by atomic mass is 10.2. The zero-order chi connectivity index (χ0) is 20.1. The second kappa shape index (κ2) is 8.55. The van der Waals surface area contributed by atoms with Gasteiger partial charge in [0.25, 0.3) is 0 Å². The number of fused-ring (bicyclic) bond motifs is 1. The van der Waals surface area contributed by atoms with E-state index in [-0.39, 0.29) is 6.79 Å². The van der Waals surface area contributed by atoms with Gasteiger partial charge in [0.05, 0.1) is 14.2 Å². The number of anilines is 2. The SMILES string of the molecule is COc1ccc(CNc2nccc(NCc3ccc4c(c3)OCO4)n2)cc1OC. The van der Waals surface area contributed by atoms with Crippen LogP contribution < -0.4 is 29.6 Å². The molecule has 2 N–H and O–H groups in total. The quantitative estimate of drug-likeness (QED) is 0.601. The van der Waals surface area contributed by atoms with Gasteiger partial charge < -0.3 is 29.6 Å². The fourth-order valence-corrected chi connectivity index (χ4v) is 2.96. The molecule has 1 aliphatic rings. The maximum absolute atomic E-state index is 5.41. The Balaban J connectivity index is 1.36. The summed E-state index contributed by atoms with van der Waals surface area (Å²) in [4.78, 5) is 8.78. The first-order chi connectivity index (χ1) is 14.2. The van der Waals surface area contributed by atoms with E-state index in [0.717, 1.165) is 28.4 Å². The molecule has 0 saturated carbocycles. The van der Waals surface area contributed by atoms with Crippen molar-refractivity contribution in [2.24, 2.45) is 0 Å². The standard InChI is InChI=1S/C21H22N4O4/c1-26-16-5-3-14(9-18(16)27-2)12-24-21-22-8-7-20(25-21)23-11-15-4-6-17-19(10-15)29-13-28-17/h3-10H,11-13H2,1-2H3,(H2,22,23,24,25). The van der Waals surface area contributed by atoms with Crippen LogP contribution in [0.25, 0.3) is 0 Å². The largest absolute Gasteiger partial charge is 0.493 e. The Morgan fingerprint density at radius 3 is 2.48 bits per heavy atom. The first kappa shape index (κ1) is 18.7. The Morgan fingerprint density at radius 1 is 0.862 bits per heavy atom. The minimum atomic E-state index is 0.271. The average Bonchev–Trinajstić information content (AvgIpc) is 3.24. The molecule has 29 heavy (non-hydrogen) atoms. The van der Waals surface area contributed by atoms with Gasteiger partial charge in [0, 0.05) is 19.3 Å². The number of methoxy groups -OCH3 is 2. The van der Waals surface area contributed by atoms with Gasteiger partial charge in [-0.15, -0.1) is 0 Å². The molecule has 0 aliphatic carbocycles. The third-order valence-electron chi connectivity index (χ3n) is 4.46. The predicted octanol–water partition coefficient (Wildman–Crippen LogP) is 3.45. The zero-order valence-electron chi connectivity index (χ0n) is 16.3. The normalized spacial score (nSPS) is 11.8. The van der Waals surface area contributed by atoms with E-state index in [2.05, 4.69) is 20.6 Å². The van der Waals surface area contributed by atoms with Gasteiger partial charge in [-0.25, -0.2) is 4.98 Å². The Morgan fingerprint density at radius 2 is 1.62 bits per heavy atom. The first-order valence-electron chi connectivity index (χ1n) is 9.15. The van der Waals surface area contributed by atoms with Gasteiger partial charge >= 0.3 is 0 Å². The molecule has 0 spiro atoms. The lowest BCUT2D eigenvalue weighted by Gasteiger charge is -2.11. The molecule has 0 atom stereocenters. The van der Waals surface area contributed by atoms with Gasteiger partial charge in [0.1, 0.15) is 5.82 Å². The van der Waals surface area contributed by atoms with E-state index in [1.54, 1.807) is 20.4 Å². The molecule has 0 amide bonds. The molecule has 2 aromatic carbocycles. The van der Waals surface area contributed by atoms with E-state index < -0.39 is 0 Å². The van der Waals surface area contributed by atoms with Crippen LogP contribution in [0.15, 0.2) is 48.7 Å². The van der Waals surface area contributed by atoms with E-state index >= 15 is 0 Å². The van der Waals surface area contributed by atoms with Crippen LogP contribution in [0.2, 0.25) is 0 Å².